The van der Waals surface area contributed by atoms with Gasteiger partial charge in [0.05, 0.1) is 12.6 Å². The topological polar surface area (TPSA) is 114 Å². The summed E-state index contributed by atoms with van der Waals surface area (Å²) >= 11 is 0. The highest BCUT2D eigenvalue weighted by Gasteiger charge is 2.14. The predicted molar refractivity (Wildman–Crippen MR) is 121 cm³/mol. The van der Waals surface area contributed by atoms with Gasteiger partial charge in [0, 0.05) is 46.4 Å². The monoisotopic (exact) mass is 429 g/mol. The lowest BCUT2D eigenvalue weighted by Gasteiger charge is -2.09. The lowest BCUT2D eigenvalue weighted by atomic mass is 10.1. The van der Waals surface area contributed by atoms with Crippen molar-refractivity contribution in [2.75, 3.05) is 5.32 Å². The molecular weight excluding hydrogens is 406 g/mol. The first kappa shape index (κ1) is 21.2. The molecule has 8 nitrogen and oxygen atoms in total. The zero-order valence-electron chi connectivity index (χ0n) is 18.0. The molecule has 1 aromatic carbocycles. The van der Waals surface area contributed by atoms with Crippen molar-refractivity contribution in [3.05, 3.63) is 82.4 Å². The molecule has 4 aromatic rings. The molecule has 0 radical (unpaired) electrons. The number of hydrogen-bond acceptors (Lipinski definition) is 6. The SMILES string of the molecule is Cc1nc(-c2cccnc2)[nH]c(=O)c1CC(=O)Nc1ccc(-c2ncc(C(C)C)o2)cc1. The van der Waals surface area contributed by atoms with Crippen LogP contribution < -0.4 is 10.9 Å². The van der Waals surface area contributed by atoms with E-state index in [2.05, 4.69) is 25.3 Å². The van der Waals surface area contributed by atoms with Crippen LogP contribution >= 0.6 is 0 Å². The van der Waals surface area contributed by atoms with Crippen LogP contribution in [0, 0.1) is 6.92 Å². The number of rotatable bonds is 6. The van der Waals surface area contributed by atoms with Gasteiger partial charge in [0.1, 0.15) is 11.6 Å². The van der Waals surface area contributed by atoms with Gasteiger partial charge in [-0.2, -0.15) is 0 Å². The third-order valence-electron chi connectivity index (χ3n) is 5.00. The fourth-order valence-corrected chi connectivity index (χ4v) is 3.21. The Morgan fingerprint density at radius 1 is 1.12 bits per heavy atom. The molecule has 1 amide bonds. The molecule has 0 unspecified atom stereocenters. The van der Waals surface area contributed by atoms with Gasteiger partial charge in [0.15, 0.2) is 0 Å². The molecule has 0 bridgehead atoms. The van der Waals surface area contributed by atoms with Crippen molar-refractivity contribution in [1.29, 1.82) is 0 Å². The smallest absolute Gasteiger partial charge is 0.255 e. The summed E-state index contributed by atoms with van der Waals surface area (Å²) in [5.41, 5.74) is 2.62. The second kappa shape index (κ2) is 8.97. The van der Waals surface area contributed by atoms with Crippen molar-refractivity contribution >= 4 is 11.6 Å². The highest BCUT2D eigenvalue weighted by molar-refractivity contribution is 5.92. The molecule has 2 N–H and O–H groups in total. The molecule has 0 spiro atoms. The zero-order chi connectivity index (χ0) is 22.7. The molecule has 0 aliphatic heterocycles. The third-order valence-corrected chi connectivity index (χ3v) is 5.00. The summed E-state index contributed by atoms with van der Waals surface area (Å²) in [5, 5.41) is 2.81. The van der Waals surface area contributed by atoms with Gasteiger partial charge in [-0.15, -0.1) is 0 Å². The van der Waals surface area contributed by atoms with Crippen LogP contribution in [0.1, 0.15) is 36.8 Å². The average Bonchev–Trinajstić information content (AvgIpc) is 3.28. The Morgan fingerprint density at radius 2 is 1.91 bits per heavy atom. The molecule has 0 aliphatic carbocycles. The number of nitrogens with one attached hydrogen (secondary N) is 2. The molecule has 3 heterocycles. The number of aryl methyl sites for hydroxylation is 1. The Balaban J connectivity index is 1.45. The number of carbonyl (C=O) groups is 1. The van der Waals surface area contributed by atoms with E-state index in [1.165, 1.54) is 0 Å². The summed E-state index contributed by atoms with van der Waals surface area (Å²) in [6.45, 7) is 5.80. The standard InChI is InChI=1S/C24H23N5O3/c1-14(2)20-13-26-24(32-20)16-6-8-18(9-7-16)28-21(30)11-19-15(3)27-22(29-23(19)31)17-5-4-10-25-12-17/h4-10,12-14H,11H2,1-3H3,(H,28,30)(H,27,29,31). The number of anilines is 1. The molecule has 0 fully saturated rings. The first-order chi connectivity index (χ1) is 15.4. The van der Waals surface area contributed by atoms with Crippen LogP contribution in [0.2, 0.25) is 0 Å². The molecule has 162 valence electrons. The largest absolute Gasteiger partial charge is 0.441 e. The van der Waals surface area contributed by atoms with Crippen molar-refractivity contribution in [2.24, 2.45) is 0 Å². The fourth-order valence-electron chi connectivity index (χ4n) is 3.21. The number of H-pyrrole nitrogens is 1. The van der Waals surface area contributed by atoms with Crippen LogP contribution in [0.25, 0.3) is 22.8 Å². The van der Waals surface area contributed by atoms with Gasteiger partial charge >= 0.3 is 0 Å². The molecule has 0 atom stereocenters. The van der Waals surface area contributed by atoms with Gasteiger partial charge in [-0.05, 0) is 43.3 Å². The number of carbonyl (C=O) groups excluding carboxylic acids is 1. The summed E-state index contributed by atoms with van der Waals surface area (Å²) < 4.78 is 5.75. The van der Waals surface area contributed by atoms with Crippen LogP contribution in [-0.2, 0) is 11.2 Å². The second-order valence-electron chi connectivity index (χ2n) is 7.74. The number of aromatic nitrogens is 4. The summed E-state index contributed by atoms with van der Waals surface area (Å²) in [6, 6.07) is 10.8. The Labute approximate surface area is 184 Å². The maximum atomic E-state index is 12.6. The van der Waals surface area contributed by atoms with E-state index in [0.29, 0.717) is 34.2 Å². The van der Waals surface area contributed by atoms with Gasteiger partial charge in [-0.3, -0.25) is 14.6 Å². The summed E-state index contributed by atoms with van der Waals surface area (Å²) in [5.74, 6) is 1.73. The first-order valence-corrected chi connectivity index (χ1v) is 10.3. The van der Waals surface area contributed by atoms with Crippen LogP contribution in [0.15, 0.2) is 64.2 Å². The van der Waals surface area contributed by atoms with Gasteiger partial charge in [0.25, 0.3) is 5.56 Å². The highest BCUT2D eigenvalue weighted by atomic mass is 16.4. The van der Waals surface area contributed by atoms with E-state index >= 15 is 0 Å². The van der Waals surface area contributed by atoms with Gasteiger partial charge in [0.2, 0.25) is 11.8 Å². The molecule has 8 heteroatoms. The summed E-state index contributed by atoms with van der Waals surface area (Å²) in [6.07, 6.45) is 4.91. The Kier molecular flexibility index (Phi) is 5.93. The second-order valence-corrected chi connectivity index (χ2v) is 7.74. The van der Waals surface area contributed by atoms with Crippen LogP contribution in [0.4, 0.5) is 5.69 Å². The van der Waals surface area contributed by atoms with E-state index in [-0.39, 0.29) is 23.8 Å². The Hall–Kier alpha value is -4.07. The zero-order valence-corrected chi connectivity index (χ0v) is 18.0. The van der Waals surface area contributed by atoms with E-state index in [4.69, 9.17) is 4.42 Å². The van der Waals surface area contributed by atoms with Crippen molar-refractivity contribution in [3.8, 4) is 22.8 Å². The van der Waals surface area contributed by atoms with E-state index in [9.17, 15) is 9.59 Å². The van der Waals surface area contributed by atoms with E-state index < -0.39 is 0 Å². The summed E-state index contributed by atoms with van der Waals surface area (Å²) in [7, 11) is 0. The number of hydrogen-bond donors (Lipinski definition) is 2. The Morgan fingerprint density at radius 3 is 2.53 bits per heavy atom. The van der Waals surface area contributed by atoms with Crippen molar-refractivity contribution in [3.63, 3.8) is 0 Å². The predicted octanol–water partition coefficient (Wildman–Crippen LogP) is 4.10. The number of benzene rings is 1. The fraction of sp³-hybridized carbons (Fsp3) is 0.208. The third kappa shape index (κ3) is 4.64. The molecule has 0 saturated carbocycles. The quantitative estimate of drug-likeness (QED) is 0.477. The van der Waals surface area contributed by atoms with Crippen LogP contribution in [0.5, 0.6) is 0 Å². The van der Waals surface area contributed by atoms with Crippen LogP contribution in [-0.4, -0.2) is 25.8 Å². The maximum absolute atomic E-state index is 12.6. The Bertz CT molecular complexity index is 1290. The van der Waals surface area contributed by atoms with E-state index in [1.54, 1.807) is 43.7 Å². The lowest BCUT2D eigenvalue weighted by molar-refractivity contribution is -0.115. The average molecular weight is 429 g/mol. The number of aromatic amines is 1. The number of oxazole rings is 1. The number of pyridine rings is 1. The van der Waals surface area contributed by atoms with Gasteiger partial charge < -0.3 is 14.7 Å². The normalized spacial score (nSPS) is 11.0. The van der Waals surface area contributed by atoms with Gasteiger partial charge in [-0.25, -0.2) is 9.97 Å². The minimum Gasteiger partial charge on any atom is -0.441 e. The van der Waals surface area contributed by atoms with Crippen molar-refractivity contribution < 1.29 is 9.21 Å². The molecule has 4 rings (SSSR count). The molecule has 3 aromatic heterocycles. The van der Waals surface area contributed by atoms with Crippen molar-refractivity contribution in [2.45, 2.75) is 33.1 Å². The molecule has 0 aliphatic rings. The first-order valence-electron chi connectivity index (χ1n) is 10.3. The number of nitrogens with zero attached hydrogens (tertiary/aromatic N) is 3. The maximum Gasteiger partial charge on any atom is 0.255 e. The van der Waals surface area contributed by atoms with Crippen molar-refractivity contribution in [1.82, 2.24) is 19.9 Å². The lowest BCUT2D eigenvalue weighted by Crippen LogP contribution is -2.23. The van der Waals surface area contributed by atoms with E-state index in [0.717, 1.165) is 11.3 Å². The van der Waals surface area contributed by atoms with Gasteiger partial charge in [-0.1, -0.05) is 13.8 Å². The minimum atomic E-state index is -0.341. The molecular formula is C24H23N5O3. The summed E-state index contributed by atoms with van der Waals surface area (Å²) in [4.78, 5) is 40.6. The number of amides is 1. The van der Waals surface area contributed by atoms with Crippen LogP contribution in [0.3, 0.4) is 0 Å². The van der Waals surface area contributed by atoms with E-state index in [1.807, 2.05) is 32.0 Å². The highest BCUT2D eigenvalue weighted by Crippen LogP contribution is 2.24. The molecule has 32 heavy (non-hydrogen) atoms. The minimum absolute atomic E-state index is 0.0826. The molecule has 0 saturated heterocycles.